The normalized spacial score (nSPS) is 12.1. The summed E-state index contributed by atoms with van der Waals surface area (Å²) in [6, 6.07) is 16.9. The van der Waals surface area contributed by atoms with Crippen molar-refractivity contribution < 1.29 is 9.47 Å². The van der Waals surface area contributed by atoms with Gasteiger partial charge in [0.25, 0.3) is 0 Å². The molecular weight excluding hydrogens is 392 g/mol. The summed E-state index contributed by atoms with van der Waals surface area (Å²) in [6.45, 7) is 21.8. The van der Waals surface area contributed by atoms with E-state index in [1.165, 1.54) is 22.3 Å². The highest BCUT2D eigenvalue weighted by Crippen LogP contribution is 2.44. The van der Waals surface area contributed by atoms with Crippen LogP contribution in [0.15, 0.2) is 48.5 Å². The van der Waals surface area contributed by atoms with E-state index in [-0.39, 0.29) is 10.8 Å². The van der Waals surface area contributed by atoms with Crippen LogP contribution in [0.4, 0.5) is 0 Å². The molecule has 32 heavy (non-hydrogen) atoms. The predicted octanol–water partition coefficient (Wildman–Crippen LogP) is 9.10. The average molecular weight is 431 g/mol. The van der Waals surface area contributed by atoms with Crippen LogP contribution in [0.5, 0.6) is 23.0 Å². The third-order valence-electron chi connectivity index (χ3n) is 6.11. The Balaban J connectivity index is 2.15. The topological polar surface area (TPSA) is 18.5 Å². The van der Waals surface area contributed by atoms with Gasteiger partial charge < -0.3 is 9.47 Å². The standard InChI is InChI=1S/C30H38O2/c1-19-11-13-23(15-21(19)3)31-27-17-26(30(8,9)10)28(18-25(27)29(5,6)7)32-24-14-12-20(2)22(4)16-24/h11-18H,1-10H3. The summed E-state index contributed by atoms with van der Waals surface area (Å²) in [5.74, 6) is 3.50. The Morgan fingerprint density at radius 3 is 1.09 bits per heavy atom. The first-order chi connectivity index (χ1) is 14.8. The minimum atomic E-state index is -0.104. The molecule has 170 valence electrons. The number of hydrogen-bond acceptors (Lipinski definition) is 2. The van der Waals surface area contributed by atoms with Gasteiger partial charge in [0.1, 0.15) is 23.0 Å². The summed E-state index contributed by atoms with van der Waals surface area (Å²) >= 11 is 0. The molecule has 0 amide bonds. The molecule has 0 spiro atoms. The molecule has 0 bridgehead atoms. The van der Waals surface area contributed by atoms with E-state index in [2.05, 4.69) is 106 Å². The van der Waals surface area contributed by atoms with Gasteiger partial charge in [0.2, 0.25) is 0 Å². The Kier molecular flexibility index (Phi) is 6.47. The molecule has 0 aliphatic carbocycles. The monoisotopic (exact) mass is 430 g/mol. The molecule has 0 aliphatic rings. The van der Waals surface area contributed by atoms with Crippen molar-refractivity contribution in [3.05, 3.63) is 81.9 Å². The second-order valence-electron chi connectivity index (χ2n) is 11.0. The summed E-state index contributed by atoms with van der Waals surface area (Å²) in [5.41, 5.74) is 7.03. The second-order valence-corrected chi connectivity index (χ2v) is 11.0. The Morgan fingerprint density at radius 2 is 0.812 bits per heavy atom. The molecule has 3 aromatic rings. The molecule has 0 saturated carbocycles. The van der Waals surface area contributed by atoms with Crippen LogP contribution in [0.25, 0.3) is 0 Å². The van der Waals surface area contributed by atoms with Crippen LogP contribution in [0, 0.1) is 27.7 Å². The Morgan fingerprint density at radius 1 is 0.469 bits per heavy atom. The average Bonchev–Trinajstić information content (AvgIpc) is 2.67. The number of benzene rings is 3. The van der Waals surface area contributed by atoms with Gasteiger partial charge in [0.15, 0.2) is 0 Å². The van der Waals surface area contributed by atoms with Crippen molar-refractivity contribution in [2.75, 3.05) is 0 Å². The molecule has 0 aromatic heterocycles. The van der Waals surface area contributed by atoms with E-state index in [1.54, 1.807) is 0 Å². The molecular formula is C30H38O2. The maximum absolute atomic E-state index is 6.49. The number of rotatable bonds is 4. The van der Waals surface area contributed by atoms with Crippen molar-refractivity contribution in [2.24, 2.45) is 0 Å². The quantitative estimate of drug-likeness (QED) is 0.411. The summed E-state index contributed by atoms with van der Waals surface area (Å²) in [4.78, 5) is 0. The lowest BCUT2D eigenvalue weighted by molar-refractivity contribution is 0.429. The lowest BCUT2D eigenvalue weighted by Gasteiger charge is -2.29. The molecule has 3 aromatic carbocycles. The van der Waals surface area contributed by atoms with Gasteiger partial charge in [0, 0.05) is 11.1 Å². The van der Waals surface area contributed by atoms with Crippen molar-refractivity contribution in [1.82, 2.24) is 0 Å². The molecule has 0 aliphatic heterocycles. The minimum Gasteiger partial charge on any atom is -0.457 e. The third-order valence-corrected chi connectivity index (χ3v) is 6.11. The Labute approximate surface area is 194 Å². The SMILES string of the molecule is Cc1ccc(Oc2cc(C(C)(C)C)c(Oc3ccc(C)c(C)c3)cc2C(C)(C)C)cc1C. The lowest BCUT2D eigenvalue weighted by Crippen LogP contribution is -2.17. The first kappa shape index (κ1) is 23.9. The zero-order valence-electron chi connectivity index (χ0n) is 21.4. The smallest absolute Gasteiger partial charge is 0.131 e. The maximum Gasteiger partial charge on any atom is 0.131 e. The van der Waals surface area contributed by atoms with Gasteiger partial charge >= 0.3 is 0 Å². The van der Waals surface area contributed by atoms with Crippen LogP contribution in [0.3, 0.4) is 0 Å². The van der Waals surface area contributed by atoms with E-state index in [1.807, 2.05) is 12.1 Å². The number of ether oxygens (including phenoxy) is 2. The largest absolute Gasteiger partial charge is 0.457 e. The van der Waals surface area contributed by atoms with E-state index in [0.29, 0.717) is 0 Å². The third kappa shape index (κ3) is 5.35. The van der Waals surface area contributed by atoms with Crippen LogP contribution in [0.1, 0.15) is 74.9 Å². The summed E-state index contributed by atoms with van der Waals surface area (Å²) in [5, 5.41) is 0. The van der Waals surface area contributed by atoms with Gasteiger partial charge in [-0.15, -0.1) is 0 Å². The summed E-state index contributed by atoms with van der Waals surface area (Å²) < 4.78 is 13.0. The molecule has 2 nitrogen and oxygen atoms in total. The van der Waals surface area contributed by atoms with E-state index in [4.69, 9.17) is 9.47 Å². The van der Waals surface area contributed by atoms with Crippen LogP contribution in [0.2, 0.25) is 0 Å². The van der Waals surface area contributed by atoms with E-state index in [0.717, 1.165) is 34.1 Å². The first-order valence-electron chi connectivity index (χ1n) is 11.4. The molecule has 0 heterocycles. The van der Waals surface area contributed by atoms with Gasteiger partial charge in [-0.25, -0.2) is 0 Å². The van der Waals surface area contributed by atoms with Crippen LogP contribution < -0.4 is 9.47 Å². The fourth-order valence-electron chi connectivity index (χ4n) is 3.71. The van der Waals surface area contributed by atoms with Crippen molar-refractivity contribution >= 4 is 0 Å². The second kappa shape index (κ2) is 8.65. The Hall–Kier alpha value is -2.74. The first-order valence-corrected chi connectivity index (χ1v) is 11.4. The number of hydrogen-bond donors (Lipinski definition) is 0. The Bertz CT molecular complexity index is 1030. The van der Waals surface area contributed by atoms with Crippen LogP contribution in [-0.2, 0) is 10.8 Å². The molecule has 0 unspecified atom stereocenters. The summed E-state index contributed by atoms with van der Waals surface area (Å²) in [7, 11) is 0. The maximum atomic E-state index is 6.49. The van der Waals surface area contributed by atoms with Gasteiger partial charge in [0.05, 0.1) is 0 Å². The minimum absolute atomic E-state index is 0.104. The molecule has 2 heteroatoms. The van der Waals surface area contributed by atoms with Gasteiger partial charge in [-0.05, 0) is 97.2 Å². The van der Waals surface area contributed by atoms with Crippen molar-refractivity contribution in [3.8, 4) is 23.0 Å². The lowest BCUT2D eigenvalue weighted by atomic mass is 9.81. The van der Waals surface area contributed by atoms with Crippen LogP contribution >= 0.6 is 0 Å². The van der Waals surface area contributed by atoms with Crippen molar-refractivity contribution in [2.45, 2.75) is 80.1 Å². The van der Waals surface area contributed by atoms with Crippen molar-refractivity contribution in [1.29, 1.82) is 0 Å². The zero-order valence-corrected chi connectivity index (χ0v) is 21.4. The molecule has 0 atom stereocenters. The van der Waals surface area contributed by atoms with E-state index < -0.39 is 0 Å². The highest BCUT2D eigenvalue weighted by Gasteiger charge is 2.27. The van der Waals surface area contributed by atoms with Crippen LogP contribution in [-0.4, -0.2) is 0 Å². The van der Waals surface area contributed by atoms with Crippen molar-refractivity contribution in [3.63, 3.8) is 0 Å². The molecule has 0 radical (unpaired) electrons. The molecule has 0 saturated heterocycles. The highest BCUT2D eigenvalue weighted by molar-refractivity contribution is 5.54. The van der Waals surface area contributed by atoms with Gasteiger partial charge in [-0.3, -0.25) is 0 Å². The molecule has 3 rings (SSSR count). The van der Waals surface area contributed by atoms with Gasteiger partial charge in [-0.2, -0.15) is 0 Å². The zero-order chi connectivity index (χ0) is 23.8. The fraction of sp³-hybridized carbons (Fsp3) is 0.400. The fourth-order valence-corrected chi connectivity index (χ4v) is 3.71. The predicted molar refractivity (Wildman–Crippen MR) is 136 cm³/mol. The van der Waals surface area contributed by atoms with Gasteiger partial charge in [-0.1, -0.05) is 53.7 Å². The number of aryl methyl sites for hydroxylation is 4. The van der Waals surface area contributed by atoms with E-state index >= 15 is 0 Å². The molecule has 0 N–H and O–H groups in total. The molecule has 0 fully saturated rings. The highest BCUT2D eigenvalue weighted by atomic mass is 16.5. The summed E-state index contributed by atoms with van der Waals surface area (Å²) in [6.07, 6.45) is 0. The van der Waals surface area contributed by atoms with E-state index in [9.17, 15) is 0 Å².